The van der Waals surface area contributed by atoms with E-state index in [-0.39, 0.29) is 24.3 Å². The molecule has 1 saturated heterocycles. The molecule has 3 rings (SSSR count). The first-order valence-electron chi connectivity index (χ1n) is 9.00. The molecule has 4 amide bonds. The van der Waals surface area contributed by atoms with Crippen molar-refractivity contribution in [1.29, 1.82) is 0 Å². The fraction of sp³-hybridized carbons (Fsp3) is 0.526. The summed E-state index contributed by atoms with van der Waals surface area (Å²) < 4.78 is 5.15. The van der Waals surface area contributed by atoms with Gasteiger partial charge in [0.25, 0.3) is 5.91 Å². The van der Waals surface area contributed by atoms with Crippen LogP contribution in [0, 0.1) is 5.92 Å². The highest BCUT2D eigenvalue weighted by Gasteiger charge is 2.55. The molecule has 26 heavy (non-hydrogen) atoms. The van der Waals surface area contributed by atoms with Crippen LogP contribution in [0.25, 0.3) is 0 Å². The number of hydrogen-bond donors (Lipinski definition) is 2. The summed E-state index contributed by atoms with van der Waals surface area (Å²) in [6.45, 7) is 2.04. The van der Waals surface area contributed by atoms with Gasteiger partial charge in [0.15, 0.2) is 0 Å². The van der Waals surface area contributed by atoms with Crippen LogP contribution >= 0.6 is 0 Å². The largest absolute Gasteiger partial charge is 0.497 e. The fourth-order valence-corrected chi connectivity index (χ4v) is 3.82. The Kier molecular flexibility index (Phi) is 5.15. The maximum Gasteiger partial charge on any atom is 0.325 e. The minimum atomic E-state index is -0.831. The van der Waals surface area contributed by atoms with Crippen molar-refractivity contribution in [3.63, 3.8) is 0 Å². The van der Waals surface area contributed by atoms with Crippen molar-refractivity contribution >= 4 is 17.8 Å². The predicted octanol–water partition coefficient (Wildman–Crippen LogP) is 1.81. The number of urea groups is 1. The normalized spacial score (nSPS) is 25.3. The van der Waals surface area contributed by atoms with Gasteiger partial charge < -0.3 is 15.4 Å². The predicted molar refractivity (Wildman–Crippen MR) is 95.4 cm³/mol. The van der Waals surface area contributed by atoms with Crippen molar-refractivity contribution < 1.29 is 19.1 Å². The van der Waals surface area contributed by atoms with Crippen LogP contribution in [0.4, 0.5) is 4.79 Å². The third kappa shape index (κ3) is 3.38. The highest BCUT2D eigenvalue weighted by Crippen LogP contribution is 2.38. The van der Waals surface area contributed by atoms with Crippen molar-refractivity contribution in [2.45, 2.75) is 44.7 Å². The highest BCUT2D eigenvalue weighted by atomic mass is 16.5. The second kappa shape index (κ2) is 7.35. The Morgan fingerprint density at radius 1 is 1.38 bits per heavy atom. The van der Waals surface area contributed by atoms with Crippen molar-refractivity contribution in [1.82, 2.24) is 15.5 Å². The molecule has 7 heteroatoms. The van der Waals surface area contributed by atoms with E-state index in [9.17, 15) is 14.4 Å². The van der Waals surface area contributed by atoms with E-state index in [0.29, 0.717) is 18.7 Å². The number of rotatable bonds is 5. The highest BCUT2D eigenvalue weighted by molar-refractivity contribution is 6.09. The van der Waals surface area contributed by atoms with Crippen LogP contribution in [0.15, 0.2) is 24.3 Å². The Bertz CT molecular complexity index is 720. The van der Waals surface area contributed by atoms with Crippen molar-refractivity contribution in [2.24, 2.45) is 5.92 Å². The van der Waals surface area contributed by atoms with E-state index in [0.717, 1.165) is 29.7 Å². The Morgan fingerprint density at radius 3 is 2.92 bits per heavy atom. The van der Waals surface area contributed by atoms with Crippen LogP contribution < -0.4 is 15.4 Å². The number of ether oxygens (including phenoxy) is 1. The maximum atomic E-state index is 12.8. The molecular formula is C19H25N3O4. The SMILES string of the molecule is COc1cccc(CNC(=O)CN2C(=O)N[C@@]3(CCCC[C@@H]3C)C2=O)c1. The molecule has 0 bridgehead atoms. The Hall–Kier alpha value is -2.57. The standard InChI is InChI=1S/C19H25N3O4/c1-13-6-3-4-9-19(13)17(24)22(18(25)21-19)12-16(23)20-11-14-7-5-8-15(10-14)26-2/h5,7-8,10,13H,3-4,6,9,11-12H2,1-2H3,(H,20,23)(H,21,25)/t13-,19+/m0/s1. The molecule has 1 heterocycles. The van der Waals surface area contributed by atoms with E-state index < -0.39 is 11.6 Å². The van der Waals surface area contributed by atoms with Gasteiger partial charge in [-0.3, -0.25) is 14.5 Å². The van der Waals surface area contributed by atoms with Gasteiger partial charge in [0.05, 0.1) is 7.11 Å². The summed E-state index contributed by atoms with van der Waals surface area (Å²) in [6, 6.07) is 6.89. The third-order valence-corrected chi connectivity index (χ3v) is 5.43. The molecule has 1 saturated carbocycles. The molecule has 0 unspecified atom stereocenters. The van der Waals surface area contributed by atoms with E-state index in [4.69, 9.17) is 4.74 Å². The van der Waals surface area contributed by atoms with E-state index in [2.05, 4.69) is 10.6 Å². The summed E-state index contributed by atoms with van der Waals surface area (Å²) in [7, 11) is 1.58. The Morgan fingerprint density at radius 2 is 2.19 bits per heavy atom. The zero-order valence-electron chi connectivity index (χ0n) is 15.2. The van der Waals surface area contributed by atoms with Crippen molar-refractivity contribution in [3.05, 3.63) is 29.8 Å². The van der Waals surface area contributed by atoms with Gasteiger partial charge >= 0.3 is 6.03 Å². The van der Waals surface area contributed by atoms with Crippen LogP contribution in [0.2, 0.25) is 0 Å². The lowest BCUT2D eigenvalue weighted by molar-refractivity contribution is -0.137. The molecule has 1 aliphatic heterocycles. The lowest BCUT2D eigenvalue weighted by Gasteiger charge is -2.36. The number of benzene rings is 1. The zero-order valence-corrected chi connectivity index (χ0v) is 15.2. The molecule has 2 fully saturated rings. The first kappa shape index (κ1) is 18.2. The fourth-order valence-electron chi connectivity index (χ4n) is 3.82. The smallest absolute Gasteiger partial charge is 0.325 e. The second-order valence-electron chi connectivity index (χ2n) is 7.07. The molecule has 2 N–H and O–H groups in total. The molecule has 1 aromatic rings. The quantitative estimate of drug-likeness (QED) is 0.785. The van der Waals surface area contributed by atoms with Crippen molar-refractivity contribution in [2.75, 3.05) is 13.7 Å². The second-order valence-corrected chi connectivity index (χ2v) is 7.07. The number of hydrogen-bond acceptors (Lipinski definition) is 4. The summed E-state index contributed by atoms with van der Waals surface area (Å²) in [5.74, 6) is 0.152. The lowest BCUT2D eigenvalue weighted by Crippen LogP contribution is -2.54. The molecule has 0 radical (unpaired) electrons. The number of amides is 4. The molecule has 1 spiro atoms. The molecule has 2 atom stereocenters. The Labute approximate surface area is 153 Å². The van der Waals surface area contributed by atoms with E-state index >= 15 is 0 Å². The summed E-state index contributed by atoms with van der Waals surface area (Å²) in [6.07, 6.45) is 3.52. The van der Waals surface area contributed by atoms with Gasteiger partial charge in [-0.15, -0.1) is 0 Å². The van der Waals surface area contributed by atoms with Gasteiger partial charge in [-0.05, 0) is 36.5 Å². The molecule has 7 nitrogen and oxygen atoms in total. The molecule has 140 valence electrons. The number of carbonyl (C=O) groups is 3. The third-order valence-electron chi connectivity index (χ3n) is 5.43. The van der Waals surface area contributed by atoms with Gasteiger partial charge in [0, 0.05) is 6.54 Å². The summed E-state index contributed by atoms with van der Waals surface area (Å²) >= 11 is 0. The number of nitrogens with one attached hydrogen (secondary N) is 2. The van der Waals surface area contributed by atoms with Crippen LogP contribution in [0.3, 0.4) is 0 Å². The number of methoxy groups -OCH3 is 1. The number of carbonyl (C=O) groups excluding carboxylic acids is 3. The average Bonchev–Trinajstić information content (AvgIpc) is 2.88. The van der Waals surface area contributed by atoms with E-state index in [1.807, 2.05) is 31.2 Å². The first-order valence-corrected chi connectivity index (χ1v) is 9.00. The van der Waals surface area contributed by atoms with Crippen molar-refractivity contribution in [3.8, 4) is 5.75 Å². The molecule has 1 aromatic carbocycles. The van der Waals surface area contributed by atoms with Gasteiger partial charge in [-0.2, -0.15) is 0 Å². The average molecular weight is 359 g/mol. The number of nitrogens with zero attached hydrogens (tertiary/aromatic N) is 1. The lowest BCUT2D eigenvalue weighted by atomic mass is 9.73. The Balaban J connectivity index is 1.60. The summed E-state index contributed by atoms with van der Waals surface area (Å²) in [5.41, 5.74) is 0.0508. The first-order chi connectivity index (χ1) is 12.5. The maximum absolute atomic E-state index is 12.8. The zero-order chi connectivity index (χ0) is 18.7. The summed E-state index contributed by atoms with van der Waals surface area (Å²) in [4.78, 5) is 38.4. The van der Waals surface area contributed by atoms with E-state index in [1.165, 1.54) is 0 Å². The monoisotopic (exact) mass is 359 g/mol. The van der Waals surface area contributed by atoms with Gasteiger partial charge in [-0.1, -0.05) is 31.9 Å². The number of imide groups is 1. The van der Waals surface area contributed by atoms with Crippen LogP contribution in [-0.2, 0) is 16.1 Å². The molecule has 0 aromatic heterocycles. The molecule has 2 aliphatic rings. The van der Waals surface area contributed by atoms with Crippen LogP contribution in [0.5, 0.6) is 5.75 Å². The minimum absolute atomic E-state index is 0.0811. The molecule has 1 aliphatic carbocycles. The topological polar surface area (TPSA) is 87.7 Å². The van der Waals surface area contributed by atoms with Gasteiger partial charge in [-0.25, -0.2) is 4.79 Å². The van der Waals surface area contributed by atoms with Crippen LogP contribution in [0.1, 0.15) is 38.2 Å². The van der Waals surface area contributed by atoms with Gasteiger partial charge in [0.1, 0.15) is 17.8 Å². The summed E-state index contributed by atoms with van der Waals surface area (Å²) in [5, 5.41) is 5.61. The van der Waals surface area contributed by atoms with Gasteiger partial charge in [0.2, 0.25) is 5.91 Å². The molecular weight excluding hydrogens is 334 g/mol. The van der Waals surface area contributed by atoms with E-state index in [1.54, 1.807) is 7.11 Å². The van der Waals surface area contributed by atoms with Crippen LogP contribution in [-0.4, -0.2) is 41.9 Å². The minimum Gasteiger partial charge on any atom is -0.497 e.